The van der Waals surface area contributed by atoms with Crippen molar-refractivity contribution in [2.75, 3.05) is 12.0 Å². The number of aliphatic hydroxyl groups excluding tert-OH is 1. The molecule has 0 fully saturated rings. The van der Waals surface area contributed by atoms with Crippen LogP contribution in [-0.2, 0) is 0 Å². The Balaban J connectivity index is 1.88. The normalized spacial score (nSPS) is 18.9. The van der Waals surface area contributed by atoms with Gasteiger partial charge < -0.3 is 9.84 Å². The van der Waals surface area contributed by atoms with Gasteiger partial charge in [0.25, 0.3) is 5.91 Å². The lowest BCUT2D eigenvalue weighted by Gasteiger charge is -2.40. The van der Waals surface area contributed by atoms with E-state index in [2.05, 4.69) is 0 Å². The molecule has 0 saturated heterocycles. The molecule has 0 spiro atoms. The molecule has 3 aromatic rings. The van der Waals surface area contributed by atoms with Gasteiger partial charge in [-0.05, 0) is 53.6 Å². The van der Waals surface area contributed by atoms with E-state index in [1.165, 1.54) is 0 Å². The first-order chi connectivity index (χ1) is 13.1. The first-order valence-electron chi connectivity index (χ1n) is 8.60. The maximum absolute atomic E-state index is 13.3. The van der Waals surface area contributed by atoms with Crippen molar-refractivity contribution < 1.29 is 14.6 Å². The van der Waals surface area contributed by atoms with Gasteiger partial charge >= 0.3 is 0 Å². The van der Waals surface area contributed by atoms with Crippen LogP contribution in [0.15, 0.2) is 72.8 Å². The molecule has 5 heteroatoms. The SMILES string of the molecule is COc1ccc(N2C(=O)c3ccccc3C(O)C2c2ccc(Cl)cc2)cc1. The first kappa shape index (κ1) is 17.6. The second-order valence-corrected chi connectivity index (χ2v) is 6.84. The summed E-state index contributed by atoms with van der Waals surface area (Å²) < 4.78 is 5.22. The van der Waals surface area contributed by atoms with E-state index in [1.54, 1.807) is 54.5 Å². The molecule has 0 bridgehead atoms. The van der Waals surface area contributed by atoms with E-state index in [0.717, 1.165) is 5.56 Å². The molecule has 1 amide bonds. The van der Waals surface area contributed by atoms with Gasteiger partial charge in [-0.2, -0.15) is 0 Å². The fraction of sp³-hybridized carbons (Fsp3) is 0.136. The van der Waals surface area contributed by atoms with Gasteiger partial charge in [-0.15, -0.1) is 0 Å². The number of hydrogen-bond acceptors (Lipinski definition) is 3. The summed E-state index contributed by atoms with van der Waals surface area (Å²) in [6.07, 6.45) is -0.859. The van der Waals surface area contributed by atoms with E-state index in [9.17, 15) is 9.90 Å². The van der Waals surface area contributed by atoms with Crippen molar-refractivity contribution in [3.63, 3.8) is 0 Å². The number of nitrogens with zero attached hydrogens (tertiary/aromatic N) is 1. The molecular weight excluding hydrogens is 362 g/mol. The average molecular weight is 380 g/mol. The summed E-state index contributed by atoms with van der Waals surface area (Å²) in [5.41, 5.74) is 2.64. The first-order valence-corrected chi connectivity index (χ1v) is 8.98. The Hall–Kier alpha value is -2.82. The molecule has 1 heterocycles. The minimum absolute atomic E-state index is 0.152. The van der Waals surface area contributed by atoms with Crippen LogP contribution in [0.3, 0.4) is 0 Å². The summed E-state index contributed by atoms with van der Waals surface area (Å²) in [4.78, 5) is 15.0. The number of anilines is 1. The summed E-state index contributed by atoms with van der Waals surface area (Å²) in [7, 11) is 1.59. The van der Waals surface area contributed by atoms with Crippen molar-refractivity contribution in [1.82, 2.24) is 0 Å². The van der Waals surface area contributed by atoms with E-state index in [-0.39, 0.29) is 5.91 Å². The summed E-state index contributed by atoms with van der Waals surface area (Å²) in [6, 6.07) is 21.1. The molecule has 4 rings (SSSR count). The molecule has 0 aromatic heterocycles. The number of amides is 1. The summed E-state index contributed by atoms with van der Waals surface area (Å²) in [6.45, 7) is 0. The van der Waals surface area contributed by atoms with Crippen molar-refractivity contribution in [3.05, 3.63) is 94.5 Å². The molecule has 1 aliphatic rings. The molecular formula is C22H18ClNO3. The molecule has 0 radical (unpaired) electrons. The molecule has 1 aliphatic heterocycles. The van der Waals surface area contributed by atoms with Gasteiger partial charge in [0.15, 0.2) is 0 Å². The number of methoxy groups -OCH3 is 1. The van der Waals surface area contributed by atoms with Crippen LogP contribution in [0.2, 0.25) is 5.02 Å². The number of carbonyl (C=O) groups is 1. The largest absolute Gasteiger partial charge is 0.497 e. The number of rotatable bonds is 3. The van der Waals surface area contributed by atoms with E-state index < -0.39 is 12.1 Å². The Kier molecular flexibility index (Phi) is 4.60. The number of benzene rings is 3. The predicted molar refractivity (Wildman–Crippen MR) is 105 cm³/mol. The number of fused-ring (bicyclic) bond motifs is 1. The highest BCUT2D eigenvalue weighted by molar-refractivity contribution is 6.30. The highest BCUT2D eigenvalue weighted by Crippen LogP contribution is 2.43. The van der Waals surface area contributed by atoms with Crippen LogP contribution >= 0.6 is 11.6 Å². The second kappa shape index (κ2) is 7.06. The molecule has 4 nitrogen and oxygen atoms in total. The van der Waals surface area contributed by atoms with E-state index >= 15 is 0 Å². The quantitative estimate of drug-likeness (QED) is 0.712. The standard InChI is InChI=1S/C22H18ClNO3/c1-27-17-12-10-16(11-13-17)24-20(14-6-8-15(23)9-7-14)21(25)18-4-2-3-5-19(18)22(24)26/h2-13,20-21,25H,1H3. The minimum Gasteiger partial charge on any atom is -0.497 e. The van der Waals surface area contributed by atoms with E-state index in [0.29, 0.717) is 27.6 Å². The van der Waals surface area contributed by atoms with Crippen LogP contribution in [-0.4, -0.2) is 18.1 Å². The summed E-state index contributed by atoms with van der Waals surface area (Å²) in [5, 5.41) is 11.7. The van der Waals surface area contributed by atoms with Gasteiger partial charge in [-0.3, -0.25) is 9.69 Å². The molecule has 0 saturated carbocycles. The second-order valence-electron chi connectivity index (χ2n) is 6.40. The van der Waals surface area contributed by atoms with Crippen molar-refractivity contribution in [3.8, 4) is 5.75 Å². The lowest BCUT2D eigenvalue weighted by molar-refractivity contribution is 0.0851. The highest BCUT2D eigenvalue weighted by Gasteiger charge is 2.40. The molecule has 2 atom stereocenters. The zero-order valence-corrected chi connectivity index (χ0v) is 15.4. The smallest absolute Gasteiger partial charge is 0.259 e. The van der Waals surface area contributed by atoms with Crippen molar-refractivity contribution in [1.29, 1.82) is 0 Å². The maximum Gasteiger partial charge on any atom is 0.259 e. The van der Waals surface area contributed by atoms with Crippen LogP contribution < -0.4 is 9.64 Å². The van der Waals surface area contributed by atoms with Gasteiger partial charge in [0.05, 0.1) is 13.2 Å². The monoisotopic (exact) mass is 379 g/mol. The molecule has 0 aliphatic carbocycles. The average Bonchev–Trinajstić information content (AvgIpc) is 2.71. The van der Waals surface area contributed by atoms with E-state index in [1.807, 2.05) is 30.3 Å². The number of aliphatic hydroxyl groups is 1. The zero-order chi connectivity index (χ0) is 19.0. The van der Waals surface area contributed by atoms with Gasteiger partial charge in [-0.1, -0.05) is 41.9 Å². The van der Waals surface area contributed by atoms with Gasteiger partial charge in [0, 0.05) is 16.3 Å². The molecule has 27 heavy (non-hydrogen) atoms. The third-order valence-electron chi connectivity index (χ3n) is 4.87. The Morgan fingerprint density at radius 2 is 1.63 bits per heavy atom. The fourth-order valence-corrected chi connectivity index (χ4v) is 3.66. The third kappa shape index (κ3) is 3.07. The lowest BCUT2D eigenvalue weighted by atomic mass is 9.86. The van der Waals surface area contributed by atoms with Gasteiger partial charge in [0.1, 0.15) is 11.9 Å². The lowest BCUT2D eigenvalue weighted by Crippen LogP contribution is -2.43. The van der Waals surface area contributed by atoms with Crippen LogP contribution in [0.25, 0.3) is 0 Å². The molecule has 3 aromatic carbocycles. The van der Waals surface area contributed by atoms with Crippen molar-refractivity contribution in [2.24, 2.45) is 0 Å². The topological polar surface area (TPSA) is 49.8 Å². The van der Waals surface area contributed by atoms with Crippen LogP contribution in [0, 0.1) is 0 Å². The minimum atomic E-state index is -0.859. The highest BCUT2D eigenvalue weighted by atomic mass is 35.5. The maximum atomic E-state index is 13.3. The summed E-state index contributed by atoms with van der Waals surface area (Å²) in [5.74, 6) is 0.549. The molecule has 2 unspecified atom stereocenters. The van der Waals surface area contributed by atoms with Gasteiger partial charge in [-0.25, -0.2) is 0 Å². The zero-order valence-electron chi connectivity index (χ0n) is 14.7. The van der Waals surface area contributed by atoms with Crippen LogP contribution in [0.4, 0.5) is 5.69 Å². The van der Waals surface area contributed by atoms with E-state index in [4.69, 9.17) is 16.3 Å². The number of ether oxygens (including phenoxy) is 1. The summed E-state index contributed by atoms with van der Waals surface area (Å²) >= 11 is 6.03. The Bertz CT molecular complexity index is 970. The molecule has 136 valence electrons. The van der Waals surface area contributed by atoms with Crippen LogP contribution in [0.1, 0.15) is 33.6 Å². The van der Waals surface area contributed by atoms with Crippen molar-refractivity contribution >= 4 is 23.2 Å². The Morgan fingerprint density at radius 1 is 0.963 bits per heavy atom. The fourth-order valence-electron chi connectivity index (χ4n) is 3.53. The Morgan fingerprint density at radius 3 is 2.30 bits per heavy atom. The number of halogens is 1. The van der Waals surface area contributed by atoms with Crippen molar-refractivity contribution in [2.45, 2.75) is 12.1 Å². The number of carbonyl (C=O) groups excluding carboxylic acids is 1. The molecule has 1 N–H and O–H groups in total. The number of hydrogen-bond donors (Lipinski definition) is 1. The third-order valence-corrected chi connectivity index (χ3v) is 5.12. The Labute approximate surface area is 162 Å². The van der Waals surface area contributed by atoms with Crippen LogP contribution in [0.5, 0.6) is 5.75 Å². The van der Waals surface area contributed by atoms with Gasteiger partial charge in [0.2, 0.25) is 0 Å². The predicted octanol–water partition coefficient (Wildman–Crippen LogP) is 4.78.